The Hall–Kier alpha value is -2.93. The van der Waals surface area contributed by atoms with Gasteiger partial charge in [-0.3, -0.25) is 14.9 Å². The lowest BCUT2D eigenvalue weighted by Crippen LogP contribution is -2.35. The van der Waals surface area contributed by atoms with Crippen LogP contribution in [0.15, 0.2) is 46.3 Å². The van der Waals surface area contributed by atoms with E-state index in [0.29, 0.717) is 12.2 Å². The summed E-state index contributed by atoms with van der Waals surface area (Å²) in [5, 5.41) is 8.77. The van der Waals surface area contributed by atoms with Crippen LogP contribution in [0.4, 0.5) is 5.88 Å². The number of aryl methyl sites for hydroxylation is 1. The van der Waals surface area contributed by atoms with E-state index in [0.717, 1.165) is 24.9 Å². The van der Waals surface area contributed by atoms with Crippen LogP contribution in [-0.4, -0.2) is 28.4 Å². The van der Waals surface area contributed by atoms with Crippen LogP contribution >= 0.6 is 11.3 Å². The van der Waals surface area contributed by atoms with E-state index in [1.165, 1.54) is 16.0 Å². The molecule has 0 radical (unpaired) electrons. The van der Waals surface area contributed by atoms with Crippen molar-refractivity contribution in [1.82, 2.24) is 10.1 Å². The molecule has 2 aromatic heterocycles. The Morgan fingerprint density at radius 3 is 2.83 bits per heavy atom. The largest absolute Gasteiger partial charge is 0.338 e. The summed E-state index contributed by atoms with van der Waals surface area (Å²) in [7, 11) is 0. The summed E-state index contributed by atoms with van der Waals surface area (Å²) >= 11 is 1.74. The molecule has 3 aromatic rings. The van der Waals surface area contributed by atoms with Gasteiger partial charge in [0, 0.05) is 42.4 Å². The molecule has 150 valence electrons. The van der Waals surface area contributed by atoms with Crippen molar-refractivity contribution >= 4 is 29.0 Å². The summed E-state index contributed by atoms with van der Waals surface area (Å²) in [5.74, 6) is 0.0415. The number of fused-ring (bicyclic) bond motifs is 1. The second-order valence-electron chi connectivity index (χ2n) is 7.11. The summed E-state index contributed by atoms with van der Waals surface area (Å²) in [6.45, 7) is 3.46. The van der Waals surface area contributed by atoms with Gasteiger partial charge in [0.2, 0.25) is 17.7 Å². The molecule has 1 aromatic carbocycles. The molecule has 0 saturated carbocycles. The molecule has 0 saturated heterocycles. The van der Waals surface area contributed by atoms with E-state index < -0.39 is 0 Å². The van der Waals surface area contributed by atoms with Crippen molar-refractivity contribution in [3.05, 3.63) is 57.8 Å². The molecule has 0 spiro atoms. The van der Waals surface area contributed by atoms with Gasteiger partial charge >= 0.3 is 0 Å². The fourth-order valence-electron chi connectivity index (χ4n) is 3.42. The first-order valence-corrected chi connectivity index (χ1v) is 10.7. The maximum atomic E-state index is 12.4. The average Bonchev–Trinajstić information content (AvgIpc) is 3.41. The fourth-order valence-corrected chi connectivity index (χ4v) is 4.31. The molecule has 0 bridgehead atoms. The molecule has 1 aliphatic rings. The number of benzene rings is 1. The lowest BCUT2D eigenvalue weighted by molar-refractivity contribution is -0.133. The van der Waals surface area contributed by atoms with Gasteiger partial charge in [-0.25, -0.2) is 0 Å². The number of hydrogen-bond donors (Lipinski definition) is 1. The molecule has 2 amide bonds. The molecule has 0 aliphatic carbocycles. The monoisotopic (exact) mass is 409 g/mol. The zero-order chi connectivity index (χ0) is 20.2. The minimum absolute atomic E-state index is 0.00581. The first kappa shape index (κ1) is 19.4. The third-order valence-electron chi connectivity index (χ3n) is 5.16. The van der Waals surface area contributed by atoms with Crippen molar-refractivity contribution in [2.24, 2.45) is 0 Å². The maximum Gasteiger partial charge on any atom is 0.231 e. The van der Waals surface area contributed by atoms with Gasteiger partial charge in [0.05, 0.1) is 0 Å². The number of thiophene rings is 1. The molecule has 29 heavy (non-hydrogen) atoms. The Balaban J connectivity index is 1.28. The second kappa shape index (κ2) is 8.61. The Bertz CT molecular complexity index is 1010. The number of nitrogens with zero attached hydrogens (tertiary/aromatic N) is 2. The summed E-state index contributed by atoms with van der Waals surface area (Å²) in [4.78, 5) is 27.8. The van der Waals surface area contributed by atoms with Crippen LogP contribution in [-0.2, 0) is 29.0 Å². The molecule has 0 fully saturated rings. The standard InChI is InChI=1S/C22H23N3O3S/c1-2-15-3-5-16(6-4-15)18-13-21(28-24-18)23-20(26)7-8-22(27)25-11-9-19-17(14-25)10-12-29-19/h3-6,10,12-13H,2,7-9,11,14H2,1H3,(H,23,26). The fraction of sp³-hybridized carbons (Fsp3) is 0.318. The van der Waals surface area contributed by atoms with Gasteiger partial charge in [-0.1, -0.05) is 36.3 Å². The van der Waals surface area contributed by atoms with E-state index in [-0.39, 0.29) is 30.5 Å². The van der Waals surface area contributed by atoms with E-state index in [4.69, 9.17) is 4.52 Å². The molecule has 6 nitrogen and oxygen atoms in total. The Labute approximate surface area is 173 Å². The van der Waals surface area contributed by atoms with Crippen molar-refractivity contribution in [2.75, 3.05) is 11.9 Å². The van der Waals surface area contributed by atoms with Crippen molar-refractivity contribution in [2.45, 2.75) is 39.2 Å². The van der Waals surface area contributed by atoms with Gasteiger partial charge in [0.1, 0.15) is 5.69 Å². The lowest BCUT2D eigenvalue weighted by Gasteiger charge is -2.27. The zero-order valence-electron chi connectivity index (χ0n) is 16.3. The van der Waals surface area contributed by atoms with E-state index in [9.17, 15) is 9.59 Å². The van der Waals surface area contributed by atoms with Crippen LogP contribution in [0.3, 0.4) is 0 Å². The van der Waals surface area contributed by atoms with Gasteiger partial charge < -0.3 is 9.42 Å². The molecule has 4 rings (SSSR count). The SMILES string of the molecule is CCc1ccc(-c2cc(NC(=O)CCC(=O)N3CCc4sccc4C3)on2)cc1. The molecule has 7 heteroatoms. The highest BCUT2D eigenvalue weighted by Crippen LogP contribution is 2.25. The number of amides is 2. The van der Waals surface area contributed by atoms with Gasteiger partial charge in [-0.2, -0.15) is 0 Å². The maximum absolute atomic E-state index is 12.4. The van der Waals surface area contributed by atoms with Crippen LogP contribution in [0.25, 0.3) is 11.3 Å². The summed E-state index contributed by atoms with van der Waals surface area (Å²) in [6, 6.07) is 11.8. The van der Waals surface area contributed by atoms with Gasteiger partial charge in [0.25, 0.3) is 0 Å². The molecule has 0 unspecified atom stereocenters. The van der Waals surface area contributed by atoms with Crippen LogP contribution in [0.2, 0.25) is 0 Å². The average molecular weight is 410 g/mol. The Kier molecular flexibility index (Phi) is 5.76. The highest BCUT2D eigenvalue weighted by molar-refractivity contribution is 7.10. The van der Waals surface area contributed by atoms with Gasteiger partial charge in [-0.15, -0.1) is 11.3 Å². The van der Waals surface area contributed by atoms with Gasteiger partial charge in [-0.05, 0) is 35.4 Å². The minimum Gasteiger partial charge on any atom is -0.338 e. The van der Waals surface area contributed by atoms with Crippen LogP contribution in [0.1, 0.15) is 35.8 Å². The van der Waals surface area contributed by atoms with Crippen molar-refractivity contribution in [3.8, 4) is 11.3 Å². The number of anilines is 1. The number of nitrogens with one attached hydrogen (secondary N) is 1. The minimum atomic E-state index is -0.254. The number of aromatic nitrogens is 1. The van der Waals surface area contributed by atoms with Crippen molar-refractivity contribution < 1.29 is 14.1 Å². The third-order valence-corrected chi connectivity index (χ3v) is 6.18. The van der Waals surface area contributed by atoms with Crippen LogP contribution in [0.5, 0.6) is 0 Å². The lowest BCUT2D eigenvalue weighted by atomic mass is 10.1. The third kappa shape index (κ3) is 4.56. The summed E-state index contributed by atoms with van der Waals surface area (Å²) < 4.78 is 5.22. The van der Waals surface area contributed by atoms with E-state index in [1.807, 2.05) is 29.2 Å². The number of hydrogen-bond acceptors (Lipinski definition) is 5. The predicted octanol–water partition coefficient (Wildman–Crippen LogP) is 4.27. The highest BCUT2D eigenvalue weighted by Gasteiger charge is 2.22. The summed E-state index contributed by atoms with van der Waals surface area (Å²) in [5.41, 5.74) is 4.07. The topological polar surface area (TPSA) is 75.4 Å². The highest BCUT2D eigenvalue weighted by atomic mass is 32.1. The predicted molar refractivity (Wildman–Crippen MR) is 113 cm³/mol. The van der Waals surface area contributed by atoms with E-state index in [1.54, 1.807) is 17.4 Å². The number of carbonyl (C=O) groups excluding carboxylic acids is 2. The molecule has 0 atom stereocenters. The van der Waals surface area contributed by atoms with E-state index >= 15 is 0 Å². The van der Waals surface area contributed by atoms with Crippen molar-refractivity contribution in [3.63, 3.8) is 0 Å². The van der Waals surface area contributed by atoms with E-state index in [2.05, 4.69) is 28.8 Å². The number of rotatable bonds is 6. The molecular formula is C22H23N3O3S. The first-order valence-electron chi connectivity index (χ1n) is 9.81. The molecule has 1 aliphatic heterocycles. The Morgan fingerprint density at radius 1 is 1.21 bits per heavy atom. The van der Waals surface area contributed by atoms with Gasteiger partial charge in [0.15, 0.2) is 0 Å². The molecule has 3 heterocycles. The number of carbonyl (C=O) groups is 2. The van der Waals surface area contributed by atoms with Crippen LogP contribution in [0, 0.1) is 0 Å². The van der Waals surface area contributed by atoms with Crippen molar-refractivity contribution in [1.29, 1.82) is 0 Å². The normalized spacial score (nSPS) is 13.2. The quantitative estimate of drug-likeness (QED) is 0.660. The first-order chi connectivity index (χ1) is 14.1. The second-order valence-corrected chi connectivity index (χ2v) is 8.11. The Morgan fingerprint density at radius 2 is 2.03 bits per heavy atom. The van der Waals surface area contributed by atoms with Crippen LogP contribution < -0.4 is 5.32 Å². The molecule has 1 N–H and O–H groups in total. The molecular weight excluding hydrogens is 386 g/mol. The zero-order valence-corrected chi connectivity index (χ0v) is 17.1. The smallest absolute Gasteiger partial charge is 0.231 e. The summed E-state index contributed by atoms with van der Waals surface area (Å²) in [6.07, 6.45) is 2.17.